The molecule has 0 aromatic heterocycles. The number of nitrogens with zero attached hydrogens (tertiary/aromatic N) is 5. The van der Waals surface area contributed by atoms with Crippen molar-refractivity contribution in [3.05, 3.63) is 89.5 Å². The molecule has 0 aliphatic carbocycles. The molecule has 208 valence electrons. The van der Waals surface area contributed by atoms with E-state index in [9.17, 15) is 18.3 Å². The predicted molar refractivity (Wildman–Crippen MR) is 155 cm³/mol. The fourth-order valence-corrected chi connectivity index (χ4v) is 4.91. The lowest BCUT2D eigenvalue weighted by atomic mass is 10.1. The van der Waals surface area contributed by atoms with Crippen LogP contribution in [-0.4, -0.2) is 46.5 Å². The lowest BCUT2D eigenvalue weighted by Crippen LogP contribution is -2.45. The summed E-state index contributed by atoms with van der Waals surface area (Å²) in [5.41, 5.74) is 8.78. The molecule has 0 saturated carbocycles. The SMILES string of the molecule is CCc1ccccc1N1/C(=N/N=C/c2ccc(C(N)=NC=Nc3ccc(OC(F)(F)F)cc3)cc2)SCC1(C)O. The number of thioether (sulfide) groups is 1. The molecule has 0 bridgehead atoms. The fraction of sp³-hybridized carbons (Fsp3) is 0.214. The zero-order valence-electron chi connectivity index (χ0n) is 21.7. The minimum absolute atomic E-state index is 0.208. The Balaban J connectivity index is 1.40. The smallest absolute Gasteiger partial charge is 0.406 e. The average molecular weight is 569 g/mol. The number of alkyl halides is 3. The van der Waals surface area contributed by atoms with E-state index in [1.165, 1.54) is 30.2 Å². The molecule has 3 aromatic rings. The number of anilines is 1. The first kappa shape index (κ1) is 28.8. The van der Waals surface area contributed by atoms with Gasteiger partial charge in [-0.3, -0.25) is 4.90 Å². The Morgan fingerprint density at radius 1 is 1.10 bits per heavy atom. The molecule has 3 N–H and O–H groups in total. The fourth-order valence-electron chi connectivity index (χ4n) is 3.85. The Bertz CT molecular complexity index is 1440. The predicted octanol–water partition coefficient (Wildman–Crippen LogP) is 5.86. The van der Waals surface area contributed by atoms with Crippen LogP contribution in [0.2, 0.25) is 0 Å². The summed E-state index contributed by atoms with van der Waals surface area (Å²) in [6.45, 7) is 3.83. The Kier molecular flexibility index (Phi) is 8.90. The van der Waals surface area contributed by atoms with E-state index in [1.54, 1.807) is 37.4 Å². The van der Waals surface area contributed by atoms with Crippen molar-refractivity contribution in [2.45, 2.75) is 32.4 Å². The average Bonchev–Trinajstić information content (AvgIpc) is 3.22. The van der Waals surface area contributed by atoms with Crippen molar-refractivity contribution in [2.75, 3.05) is 10.7 Å². The summed E-state index contributed by atoms with van der Waals surface area (Å²) in [5.74, 6) is 0.338. The van der Waals surface area contributed by atoms with Crippen LogP contribution in [0.1, 0.15) is 30.5 Å². The lowest BCUT2D eigenvalue weighted by Gasteiger charge is -2.32. The summed E-state index contributed by atoms with van der Waals surface area (Å²) in [4.78, 5) is 9.97. The molecular weight excluding hydrogens is 541 g/mol. The molecule has 12 heteroatoms. The van der Waals surface area contributed by atoms with Gasteiger partial charge < -0.3 is 15.6 Å². The minimum atomic E-state index is -4.75. The number of aliphatic hydroxyl groups is 1. The number of para-hydroxylation sites is 1. The summed E-state index contributed by atoms with van der Waals surface area (Å²) >= 11 is 1.44. The Morgan fingerprint density at radius 2 is 1.80 bits per heavy atom. The first-order chi connectivity index (χ1) is 19.1. The number of nitrogens with two attached hydrogens (primary N) is 1. The third kappa shape index (κ3) is 7.48. The highest BCUT2D eigenvalue weighted by molar-refractivity contribution is 8.14. The van der Waals surface area contributed by atoms with Crippen LogP contribution in [0.4, 0.5) is 24.5 Å². The number of aryl methyl sites for hydroxylation is 1. The lowest BCUT2D eigenvalue weighted by molar-refractivity contribution is -0.274. The van der Waals surface area contributed by atoms with E-state index in [2.05, 4.69) is 31.8 Å². The first-order valence-electron chi connectivity index (χ1n) is 12.2. The second-order valence-electron chi connectivity index (χ2n) is 8.87. The maximum Gasteiger partial charge on any atom is 0.573 e. The van der Waals surface area contributed by atoms with Gasteiger partial charge in [0.15, 0.2) is 10.9 Å². The molecule has 1 unspecified atom stereocenters. The van der Waals surface area contributed by atoms with Crippen molar-refractivity contribution < 1.29 is 23.0 Å². The molecular formula is C28H27F3N6O2S. The number of hydrogen-bond acceptors (Lipinski definition) is 6. The van der Waals surface area contributed by atoms with Crippen LogP contribution >= 0.6 is 11.8 Å². The van der Waals surface area contributed by atoms with Crippen LogP contribution in [-0.2, 0) is 6.42 Å². The van der Waals surface area contributed by atoms with Crippen molar-refractivity contribution in [3.8, 4) is 5.75 Å². The van der Waals surface area contributed by atoms with E-state index in [-0.39, 0.29) is 11.6 Å². The molecule has 1 atom stereocenters. The maximum absolute atomic E-state index is 12.3. The van der Waals surface area contributed by atoms with Crippen molar-refractivity contribution in [3.63, 3.8) is 0 Å². The van der Waals surface area contributed by atoms with Crippen LogP contribution < -0.4 is 15.4 Å². The van der Waals surface area contributed by atoms with Gasteiger partial charge in [-0.25, -0.2) is 9.98 Å². The summed E-state index contributed by atoms with van der Waals surface area (Å²) < 4.78 is 40.6. The van der Waals surface area contributed by atoms with Gasteiger partial charge in [0.2, 0.25) is 0 Å². The van der Waals surface area contributed by atoms with E-state index in [1.807, 2.05) is 29.2 Å². The Hall–Kier alpha value is -4.16. The zero-order valence-corrected chi connectivity index (χ0v) is 22.5. The topological polar surface area (TPSA) is 108 Å². The van der Waals surface area contributed by atoms with Crippen LogP contribution in [0.5, 0.6) is 5.75 Å². The second kappa shape index (κ2) is 12.3. The molecule has 0 spiro atoms. The highest BCUT2D eigenvalue weighted by atomic mass is 32.2. The van der Waals surface area contributed by atoms with E-state index < -0.39 is 12.1 Å². The number of rotatable bonds is 8. The number of aliphatic imine (C=N–C) groups is 2. The molecule has 3 aromatic carbocycles. The van der Waals surface area contributed by atoms with E-state index in [0.717, 1.165) is 35.4 Å². The number of hydrogen-bond donors (Lipinski definition) is 2. The Morgan fingerprint density at radius 3 is 2.48 bits per heavy atom. The van der Waals surface area contributed by atoms with Gasteiger partial charge in [0.05, 0.1) is 11.9 Å². The third-order valence-electron chi connectivity index (χ3n) is 5.79. The summed E-state index contributed by atoms with van der Waals surface area (Å²) in [7, 11) is 0. The molecule has 0 radical (unpaired) electrons. The van der Waals surface area contributed by atoms with Gasteiger partial charge in [0.1, 0.15) is 17.9 Å². The summed E-state index contributed by atoms with van der Waals surface area (Å²) in [6, 6.07) is 20.1. The minimum Gasteiger partial charge on any atom is -0.406 e. The molecule has 1 fully saturated rings. The van der Waals surface area contributed by atoms with Gasteiger partial charge in [-0.2, -0.15) is 5.10 Å². The van der Waals surface area contributed by atoms with Crippen LogP contribution in [0.15, 0.2) is 93.0 Å². The number of halogens is 3. The van der Waals surface area contributed by atoms with Gasteiger partial charge in [-0.1, -0.05) is 61.2 Å². The number of amidine groups is 2. The molecule has 1 aliphatic rings. The largest absolute Gasteiger partial charge is 0.573 e. The molecule has 8 nitrogen and oxygen atoms in total. The normalized spacial score (nSPS) is 19.3. The van der Waals surface area contributed by atoms with Gasteiger partial charge in [0, 0.05) is 17.0 Å². The Labute approximate surface area is 233 Å². The van der Waals surface area contributed by atoms with Gasteiger partial charge in [0.25, 0.3) is 0 Å². The highest BCUT2D eigenvalue weighted by Gasteiger charge is 2.41. The maximum atomic E-state index is 12.3. The molecule has 1 heterocycles. The van der Waals surface area contributed by atoms with Crippen molar-refractivity contribution in [1.82, 2.24) is 0 Å². The third-order valence-corrected chi connectivity index (χ3v) is 7.01. The molecule has 0 amide bonds. The molecule has 1 saturated heterocycles. The van der Waals surface area contributed by atoms with Crippen LogP contribution in [0, 0.1) is 0 Å². The molecule has 40 heavy (non-hydrogen) atoms. The molecule has 1 aliphatic heterocycles. The van der Waals surface area contributed by atoms with Crippen molar-refractivity contribution in [1.29, 1.82) is 0 Å². The van der Waals surface area contributed by atoms with Crippen LogP contribution in [0.3, 0.4) is 0 Å². The van der Waals surface area contributed by atoms with E-state index in [0.29, 0.717) is 22.2 Å². The highest BCUT2D eigenvalue weighted by Crippen LogP contribution is 2.37. The zero-order chi connectivity index (χ0) is 28.8. The van der Waals surface area contributed by atoms with E-state index in [4.69, 9.17) is 5.73 Å². The quantitative estimate of drug-likeness (QED) is 0.201. The van der Waals surface area contributed by atoms with Crippen LogP contribution in [0.25, 0.3) is 0 Å². The number of ether oxygens (including phenoxy) is 1. The van der Waals surface area contributed by atoms with Gasteiger partial charge in [-0.15, -0.1) is 18.3 Å². The molecule has 4 rings (SSSR count). The number of benzene rings is 3. The monoisotopic (exact) mass is 568 g/mol. The van der Waals surface area contributed by atoms with Crippen molar-refractivity contribution in [2.24, 2.45) is 25.9 Å². The van der Waals surface area contributed by atoms with E-state index >= 15 is 0 Å². The summed E-state index contributed by atoms with van der Waals surface area (Å²) in [5, 5.41) is 20.2. The second-order valence-corrected chi connectivity index (χ2v) is 9.82. The van der Waals surface area contributed by atoms with Gasteiger partial charge >= 0.3 is 6.36 Å². The van der Waals surface area contributed by atoms with Gasteiger partial charge in [-0.05, 0) is 54.8 Å². The first-order valence-corrected chi connectivity index (χ1v) is 13.2. The van der Waals surface area contributed by atoms with Crippen molar-refractivity contribution >= 4 is 46.7 Å². The standard InChI is InChI=1S/C28H27F3N6O2S/c1-3-20-6-4-5-7-24(20)37-26(40-17-27(37,2)38)36-35-16-19-8-10-21(11-9-19)25(32)34-18-33-22-12-14-23(15-13-22)39-28(29,30)31/h4-16,18,38H,3,17H2,1-2H3,(H2,32,33,34)/b35-16+,36-26-. The summed E-state index contributed by atoms with van der Waals surface area (Å²) in [6.07, 6.45) is -1.10.